The molecule has 2 rings (SSSR count). The SMILES string of the molecule is COCCCn1c(-c2cc(OC)ccc2OC)cc(C(N)=O)c1C. The molecular formula is C18H24N2O4. The van der Waals surface area contributed by atoms with Crippen LogP contribution in [0.15, 0.2) is 24.3 Å². The lowest BCUT2D eigenvalue weighted by Gasteiger charge is -2.15. The van der Waals surface area contributed by atoms with Gasteiger partial charge in [-0.2, -0.15) is 0 Å². The lowest BCUT2D eigenvalue weighted by Crippen LogP contribution is -2.13. The lowest BCUT2D eigenvalue weighted by atomic mass is 10.1. The third-order valence-electron chi connectivity index (χ3n) is 4.04. The quantitative estimate of drug-likeness (QED) is 0.754. The van der Waals surface area contributed by atoms with Crippen molar-refractivity contribution in [2.75, 3.05) is 27.9 Å². The van der Waals surface area contributed by atoms with Gasteiger partial charge in [-0.15, -0.1) is 0 Å². The summed E-state index contributed by atoms with van der Waals surface area (Å²) in [5, 5.41) is 0. The van der Waals surface area contributed by atoms with E-state index in [-0.39, 0.29) is 0 Å². The van der Waals surface area contributed by atoms with Crippen LogP contribution >= 0.6 is 0 Å². The molecule has 0 aliphatic heterocycles. The van der Waals surface area contributed by atoms with Crippen molar-refractivity contribution >= 4 is 5.91 Å². The van der Waals surface area contributed by atoms with E-state index in [1.54, 1.807) is 21.3 Å². The molecule has 0 atom stereocenters. The van der Waals surface area contributed by atoms with Crippen molar-refractivity contribution < 1.29 is 19.0 Å². The van der Waals surface area contributed by atoms with Gasteiger partial charge in [0.1, 0.15) is 11.5 Å². The largest absolute Gasteiger partial charge is 0.497 e. The highest BCUT2D eigenvalue weighted by Gasteiger charge is 2.19. The van der Waals surface area contributed by atoms with Crippen molar-refractivity contribution in [3.05, 3.63) is 35.5 Å². The minimum Gasteiger partial charge on any atom is -0.497 e. The van der Waals surface area contributed by atoms with Crippen LogP contribution in [0.1, 0.15) is 22.5 Å². The number of benzene rings is 1. The van der Waals surface area contributed by atoms with Crippen molar-refractivity contribution in [2.24, 2.45) is 5.73 Å². The maximum Gasteiger partial charge on any atom is 0.250 e. The Hall–Kier alpha value is -2.47. The van der Waals surface area contributed by atoms with E-state index >= 15 is 0 Å². The zero-order valence-electron chi connectivity index (χ0n) is 14.6. The van der Waals surface area contributed by atoms with Gasteiger partial charge in [-0.1, -0.05) is 0 Å². The second-order valence-corrected chi connectivity index (χ2v) is 5.46. The van der Waals surface area contributed by atoms with E-state index in [1.807, 2.05) is 31.2 Å². The topological polar surface area (TPSA) is 75.7 Å². The van der Waals surface area contributed by atoms with E-state index in [1.165, 1.54) is 0 Å². The molecule has 2 N–H and O–H groups in total. The third kappa shape index (κ3) is 3.54. The van der Waals surface area contributed by atoms with E-state index < -0.39 is 5.91 Å². The summed E-state index contributed by atoms with van der Waals surface area (Å²) in [4.78, 5) is 11.8. The zero-order chi connectivity index (χ0) is 17.7. The van der Waals surface area contributed by atoms with Crippen molar-refractivity contribution in [2.45, 2.75) is 19.9 Å². The molecule has 0 bridgehead atoms. The maximum absolute atomic E-state index is 11.8. The smallest absolute Gasteiger partial charge is 0.250 e. The Bertz CT molecular complexity index is 722. The minimum atomic E-state index is -0.443. The fraction of sp³-hybridized carbons (Fsp3) is 0.389. The van der Waals surface area contributed by atoms with Crippen LogP contribution in [0.25, 0.3) is 11.3 Å². The van der Waals surface area contributed by atoms with Crippen molar-refractivity contribution in [3.8, 4) is 22.8 Å². The summed E-state index contributed by atoms with van der Waals surface area (Å²) in [6.07, 6.45) is 0.823. The molecule has 6 nitrogen and oxygen atoms in total. The van der Waals surface area contributed by atoms with E-state index in [0.29, 0.717) is 30.2 Å². The van der Waals surface area contributed by atoms with Gasteiger partial charge in [0.15, 0.2) is 0 Å². The van der Waals surface area contributed by atoms with Gasteiger partial charge in [0.25, 0.3) is 5.91 Å². The van der Waals surface area contributed by atoms with Crippen molar-refractivity contribution in [1.82, 2.24) is 4.57 Å². The van der Waals surface area contributed by atoms with Gasteiger partial charge in [-0.3, -0.25) is 4.79 Å². The normalized spacial score (nSPS) is 10.7. The molecule has 0 fully saturated rings. The number of primary amides is 1. The van der Waals surface area contributed by atoms with E-state index in [9.17, 15) is 4.79 Å². The van der Waals surface area contributed by atoms with Gasteiger partial charge in [0.05, 0.1) is 25.5 Å². The van der Waals surface area contributed by atoms with Gasteiger partial charge in [-0.25, -0.2) is 0 Å². The Balaban J connectivity index is 2.59. The second kappa shape index (κ2) is 7.88. The van der Waals surface area contributed by atoms with Crippen LogP contribution in [0, 0.1) is 6.92 Å². The Labute approximate surface area is 142 Å². The van der Waals surface area contributed by atoms with Gasteiger partial charge in [-0.05, 0) is 37.6 Å². The first-order valence-electron chi connectivity index (χ1n) is 7.74. The molecule has 24 heavy (non-hydrogen) atoms. The predicted molar refractivity (Wildman–Crippen MR) is 92.7 cm³/mol. The Morgan fingerprint density at radius 3 is 2.50 bits per heavy atom. The van der Waals surface area contributed by atoms with Crippen LogP contribution in [-0.4, -0.2) is 38.4 Å². The van der Waals surface area contributed by atoms with E-state index in [2.05, 4.69) is 4.57 Å². The Morgan fingerprint density at radius 1 is 1.17 bits per heavy atom. The van der Waals surface area contributed by atoms with Gasteiger partial charge in [0, 0.05) is 31.5 Å². The number of hydrogen-bond acceptors (Lipinski definition) is 4. The molecular weight excluding hydrogens is 308 g/mol. The molecule has 6 heteroatoms. The Morgan fingerprint density at radius 2 is 1.92 bits per heavy atom. The van der Waals surface area contributed by atoms with Crippen molar-refractivity contribution in [1.29, 1.82) is 0 Å². The fourth-order valence-corrected chi connectivity index (χ4v) is 2.79. The number of aromatic nitrogens is 1. The van der Waals surface area contributed by atoms with Crippen LogP contribution < -0.4 is 15.2 Å². The minimum absolute atomic E-state index is 0.443. The van der Waals surface area contributed by atoms with E-state index in [0.717, 1.165) is 23.4 Å². The van der Waals surface area contributed by atoms with Crippen LogP contribution in [0.2, 0.25) is 0 Å². The zero-order valence-corrected chi connectivity index (χ0v) is 14.6. The first kappa shape index (κ1) is 17.9. The number of nitrogens with two attached hydrogens (primary N) is 1. The molecule has 0 radical (unpaired) electrons. The molecule has 0 spiro atoms. The first-order valence-corrected chi connectivity index (χ1v) is 7.74. The summed E-state index contributed by atoms with van der Waals surface area (Å²) >= 11 is 0. The molecule has 0 aliphatic carbocycles. The summed E-state index contributed by atoms with van der Waals surface area (Å²) < 4.78 is 18.0. The number of nitrogens with zero attached hydrogens (tertiary/aromatic N) is 1. The summed E-state index contributed by atoms with van der Waals surface area (Å²) in [7, 11) is 4.90. The number of methoxy groups -OCH3 is 3. The number of hydrogen-bond donors (Lipinski definition) is 1. The molecule has 0 saturated heterocycles. The summed E-state index contributed by atoms with van der Waals surface area (Å²) in [5.74, 6) is 0.979. The van der Waals surface area contributed by atoms with Crippen LogP contribution in [0.4, 0.5) is 0 Å². The summed E-state index contributed by atoms with van der Waals surface area (Å²) in [6, 6.07) is 7.38. The molecule has 1 aromatic heterocycles. The highest BCUT2D eigenvalue weighted by Crippen LogP contribution is 2.36. The maximum atomic E-state index is 11.8. The molecule has 1 amide bonds. The fourth-order valence-electron chi connectivity index (χ4n) is 2.79. The second-order valence-electron chi connectivity index (χ2n) is 5.46. The predicted octanol–water partition coefficient (Wildman–Crippen LogP) is 2.62. The highest BCUT2D eigenvalue weighted by atomic mass is 16.5. The molecule has 130 valence electrons. The molecule has 0 aliphatic rings. The third-order valence-corrected chi connectivity index (χ3v) is 4.04. The summed E-state index contributed by atoms with van der Waals surface area (Å²) in [5.41, 5.74) is 8.58. The molecule has 1 heterocycles. The van der Waals surface area contributed by atoms with Crippen LogP contribution in [-0.2, 0) is 11.3 Å². The average Bonchev–Trinajstić information content (AvgIpc) is 2.91. The standard InChI is InChI=1S/C18H24N2O4/c1-12-14(18(19)21)11-16(20(12)8-5-9-22-2)15-10-13(23-3)6-7-17(15)24-4/h6-7,10-11H,5,8-9H2,1-4H3,(H2,19,21). The Kier molecular flexibility index (Phi) is 5.87. The van der Waals surface area contributed by atoms with E-state index in [4.69, 9.17) is 19.9 Å². The van der Waals surface area contributed by atoms with Gasteiger partial charge >= 0.3 is 0 Å². The number of ether oxygens (including phenoxy) is 3. The number of carbonyl (C=O) groups is 1. The molecule has 0 unspecified atom stereocenters. The van der Waals surface area contributed by atoms with Gasteiger partial charge in [0.2, 0.25) is 0 Å². The number of amides is 1. The monoisotopic (exact) mass is 332 g/mol. The van der Waals surface area contributed by atoms with Crippen molar-refractivity contribution in [3.63, 3.8) is 0 Å². The molecule has 0 saturated carbocycles. The van der Waals surface area contributed by atoms with Crippen LogP contribution in [0.3, 0.4) is 0 Å². The number of carbonyl (C=O) groups excluding carboxylic acids is 1. The number of rotatable bonds is 8. The first-order chi connectivity index (χ1) is 11.5. The molecule has 2 aromatic rings. The average molecular weight is 332 g/mol. The molecule has 1 aromatic carbocycles. The highest BCUT2D eigenvalue weighted by molar-refractivity contribution is 5.96. The summed E-state index contributed by atoms with van der Waals surface area (Å²) in [6.45, 7) is 3.24. The lowest BCUT2D eigenvalue weighted by molar-refractivity contribution is 0.0999. The van der Waals surface area contributed by atoms with Crippen LogP contribution in [0.5, 0.6) is 11.5 Å². The van der Waals surface area contributed by atoms with Gasteiger partial charge < -0.3 is 24.5 Å².